The smallest absolute Gasteiger partial charge is 0.0886 e. The van der Waals surface area contributed by atoms with Crippen molar-refractivity contribution < 1.29 is 4.74 Å². The summed E-state index contributed by atoms with van der Waals surface area (Å²) in [4.78, 5) is 4.38. The Morgan fingerprint density at radius 3 is 2.42 bits per heavy atom. The molecule has 2 rings (SSSR count). The summed E-state index contributed by atoms with van der Waals surface area (Å²) in [6, 6.07) is 4.13. The van der Waals surface area contributed by atoms with Crippen LogP contribution in [-0.4, -0.2) is 17.7 Å². The number of rotatable bonds is 4. The quantitative estimate of drug-likeness (QED) is 0.498. The molecule has 4 heteroatoms. The van der Waals surface area contributed by atoms with Crippen LogP contribution in [-0.2, 0) is 4.74 Å². The molecule has 106 valence electrons. The molecule has 1 aliphatic carbocycles. The van der Waals surface area contributed by atoms with Gasteiger partial charge in [-0.05, 0) is 31.4 Å². The highest BCUT2D eigenvalue weighted by Gasteiger charge is 2.39. The number of hydrogen-bond donors (Lipinski definition) is 2. The second-order valence-electron chi connectivity index (χ2n) is 5.52. The van der Waals surface area contributed by atoms with Gasteiger partial charge in [0.15, 0.2) is 0 Å². The average Bonchev–Trinajstić information content (AvgIpc) is 2.68. The van der Waals surface area contributed by atoms with E-state index in [1.165, 1.54) is 25.7 Å². The first kappa shape index (κ1) is 14.4. The van der Waals surface area contributed by atoms with E-state index in [0.717, 1.165) is 24.1 Å². The normalized spacial score (nSPS) is 20.8. The molecule has 3 N–H and O–H groups in total. The van der Waals surface area contributed by atoms with Crippen molar-refractivity contribution in [2.24, 2.45) is 5.84 Å². The van der Waals surface area contributed by atoms with E-state index in [-0.39, 0.29) is 11.6 Å². The summed E-state index contributed by atoms with van der Waals surface area (Å²) in [5, 5.41) is 0. The van der Waals surface area contributed by atoms with E-state index in [1.54, 1.807) is 7.11 Å². The van der Waals surface area contributed by atoms with Crippen molar-refractivity contribution in [1.29, 1.82) is 0 Å². The maximum atomic E-state index is 5.93. The minimum absolute atomic E-state index is 0.00343. The summed E-state index contributed by atoms with van der Waals surface area (Å²) in [6.07, 6.45) is 8.98. The third-order valence-corrected chi connectivity index (χ3v) is 4.32. The summed E-state index contributed by atoms with van der Waals surface area (Å²) in [5.74, 6) is 5.83. The Kier molecular flexibility index (Phi) is 4.91. The molecule has 0 radical (unpaired) electrons. The Balaban J connectivity index is 2.29. The van der Waals surface area contributed by atoms with Crippen molar-refractivity contribution in [3.8, 4) is 0 Å². The summed E-state index contributed by atoms with van der Waals surface area (Å²) < 4.78 is 5.93. The standard InChI is InChI=1S/C15H25N3O/c1-12-7-8-13(11-17-12)14(18-16)15(19-2)9-5-3-4-6-10-15/h7-8,11,14,18H,3-6,9-10,16H2,1-2H3. The minimum atomic E-state index is -0.206. The lowest BCUT2D eigenvalue weighted by atomic mass is 9.83. The lowest BCUT2D eigenvalue weighted by Gasteiger charge is -2.39. The predicted octanol–water partition coefficient (Wildman–Crippen LogP) is 2.63. The molecule has 0 amide bonds. The van der Waals surface area contributed by atoms with E-state index >= 15 is 0 Å². The van der Waals surface area contributed by atoms with Crippen LogP contribution in [0.25, 0.3) is 0 Å². The Bertz CT molecular complexity index is 383. The first-order valence-electron chi connectivity index (χ1n) is 7.16. The molecule has 0 aliphatic heterocycles. The molecule has 0 aromatic carbocycles. The molecule has 1 aromatic heterocycles. The van der Waals surface area contributed by atoms with Crippen LogP contribution in [0.15, 0.2) is 18.3 Å². The maximum Gasteiger partial charge on any atom is 0.0886 e. The number of pyridine rings is 1. The van der Waals surface area contributed by atoms with Crippen molar-refractivity contribution in [3.63, 3.8) is 0 Å². The molecule has 1 aliphatic rings. The van der Waals surface area contributed by atoms with Crippen LogP contribution >= 0.6 is 0 Å². The number of hydrazine groups is 1. The summed E-state index contributed by atoms with van der Waals surface area (Å²) >= 11 is 0. The van der Waals surface area contributed by atoms with Crippen LogP contribution < -0.4 is 11.3 Å². The molecule has 1 heterocycles. The number of nitrogens with one attached hydrogen (secondary N) is 1. The average molecular weight is 263 g/mol. The van der Waals surface area contributed by atoms with Crippen molar-refractivity contribution in [2.75, 3.05) is 7.11 Å². The number of hydrogen-bond acceptors (Lipinski definition) is 4. The Labute approximate surface area is 115 Å². The topological polar surface area (TPSA) is 60.2 Å². The largest absolute Gasteiger partial charge is 0.376 e. The van der Waals surface area contributed by atoms with Crippen LogP contribution in [0, 0.1) is 6.92 Å². The molecule has 19 heavy (non-hydrogen) atoms. The molecule has 0 saturated heterocycles. The highest BCUT2D eigenvalue weighted by molar-refractivity contribution is 5.21. The highest BCUT2D eigenvalue weighted by atomic mass is 16.5. The molecule has 4 nitrogen and oxygen atoms in total. The van der Waals surface area contributed by atoms with Gasteiger partial charge in [0.25, 0.3) is 0 Å². The van der Waals surface area contributed by atoms with Crippen molar-refractivity contribution in [2.45, 2.75) is 57.1 Å². The van der Waals surface area contributed by atoms with Gasteiger partial charge in [-0.25, -0.2) is 0 Å². The van der Waals surface area contributed by atoms with Crippen molar-refractivity contribution >= 4 is 0 Å². The van der Waals surface area contributed by atoms with Gasteiger partial charge < -0.3 is 4.74 Å². The van der Waals surface area contributed by atoms with Gasteiger partial charge in [-0.3, -0.25) is 16.3 Å². The fraction of sp³-hybridized carbons (Fsp3) is 0.667. The SMILES string of the molecule is COC1(C(NN)c2ccc(C)nc2)CCCCCC1. The van der Waals surface area contributed by atoms with E-state index in [1.807, 2.05) is 19.2 Å². The van der Waals surface area contributed by atoms with Gasteiger partial charge in [0.1, 0.15) is 0 Å². The third kappa shape index (κ3) is 3.14. The Morgan fingerprint density at radius 2 is 1.95 bits per heavy atom. The molecular weight excluding hydrogens is 238 g/mol. The van der Waals surface area contributed by atoms with Gasteiger partial charge in [0.05, 0.1) is 11.6 Å². The first-order chi connectivity index (χ1) is 9.22. The number of aryl methyl sites for hydroxylation is 1. The highest BCUT2D eigenvalue weighted by Crippen LogP contribution is 2.39. The molecule has 1 saturated carbocycles. The van der Waals surface area contributed by atoms with E-state index in [4.69, 9.17) is 10.6 Å². The molecule has 0 spiro atoms. The molecule has 1 unspecified atom stereocenters. The van der Waals surface area contributed by atoms with E-state index in [2.05, 4.69) is 16.5 Å². The van der Waals surface area contributed by atoms with Crippen molar-refractivity contribution in [1.82, 2.24) is 10.4 Å². The molecular formula is C15H25N3O. The van der Waals surface area contributed by atoms with Crippen LogP contribution in [0.2, 0.25) is 0 Å². The first-order valence-corrected chi connectivity index (χ1v) is 7.16. The molecule has 1 atom stereocenters. The fourth-order valence-corrected chi connectivity index (χ4v) is 3.14. The zero-order chi connectivity index (χ0) is 13.7. The monoisotopic (exact) mass is 263 g/mol. The van der Waals surface area contributed by atoms with Crippen molar-refractivity contribution in [3.05, 3.63) is 29.6 Å². The minimum Gasteiger partial charge on any atom is -0.376 e. The molecule has 1 fully saturated rings. The van der Waals surface area contributed by atoms with Gasteiger partial charge in [-0.1, -0.05) is 31.7 Å². The maximum absolute atomic E-state index is 5.93. The number of ether oxygens (including phenoxy) is 1. The second kappa shape index (κ2) is 6.46. The van der Waals surface area contributed by atoms with Gasteiger partial charge in [-0.15, -0.1) is 0 Å². The van der Waals surface area contributed by atoms with E-state index < -0.39 is 0 Å². The number of aromatic nitrogens is 1. The van der Waals surface area contributed by atoms with Gasteiger partial charge in [0, 0.05) is 19.0 Å². The summed E-state index contributed by atoms with van der Waals surface area (Å²) in [6.45, 7) is 1.99. The lowest BCUT2D eigenvalue weighted by molar-refractivity contribution is -0.0542. The van der Waals surface area contributed by atoms with Crippen LogP contribution in [0.1, 0.15) is 55.8 Å². The predicted molar refractivity (Wildman–Crippen MR) is 76.5 cm³/mol. The van der Waals surface area contributed by atoms with Gasteiger partial charge >= 0.3 is 0 Å². The van der Waals surface area contributed by atoms with Crippen LogP contribution in [0.5, 0.6) is 0 Å². The van der Waals surface area contributed by atoms with E-state index in [9.17, 15) is 0 Å². The van der Waals surface area contributed by atoms with Crippen LogP contribution in [0.3, 0.4) is 0 Å². The van der Waals surface area contributed by atoms with E-state index in [0.29, 0.717) is 0 Å². The zero-order valence-corrected chi connectivity index (χ0v) is 12.0. The second-order valence-corrected chi connectivity index (χ2v) is 5.52. The summed E-state index contributed by atoms with van der Waals surface area (Å²) in [7, 11) is 1.80. The zero-order valence-electron chi connectivity index (χ0n) is 12.0. The summed E-state index contributed by atoms with van der Waals surface area (Å²) in [5.41, 5.74) is 4.88. The molecule has 0 bridgehead atoms. The lowest BCUT2D eigenvalue weighted by Crippen LogP contribution is -2.47. The van der Waals surface area contributed by atoms with Crippen LogP contribution in [0.4, 0.5) is 0 Å². The third-order valence-electron chi connectivity index (χ3n) is 4.32. The fourth-order valence-electron chi connectivity index (χ4n) is 3.14. The Hall–Kier alpha value is -0.970. The van der Waals surface area contributed by atoms with Gasteiger partial charge in [-0.2, -0.15) is 0 Å². The number of methoxy groups -OCH3 is 1. The number of nitrogens with two attached hydrogens (primary N) is 1. The molecule has 1 aromatic rings. The van der Waals surface area contributed by atoms with Gasteiger partial charge in [0.2, 0.25) is 0 Å². The Morgan fingerprint density at radius 1 is 1.26 bits per heavy atom. The number of nitrogens with zero attached hydrogens (tertiary/aromatic N) is 1.